The monoisotopic (exact) mass is 255 g/mol. The van der Waals surface area contributed by atoms with Gasteiger partial charge in [-0.15, -0.1) is 23.5 Å². The summed E-state index contributed by atoms with van der Waals surface area (Å²) in [5, 5.41) is 0. The van der Waals surface area contributed by atoms with Gasteiger partial charge in [-0.05, 0) is 37.0 Å². The Balaban J connectivity index is 2.39. The average Bonchev–Trinajstić information content (AvgIpc) is 2.79. The molecule has 1 fully saturated rings. The number of hydrogen-bond donors (Lipinski definition) is 0. The minimum atomic E-state index is -0.00396. The second-order valence-electron chi connectivity index (χ2n) is 3.49. The highest BCUT2D eigenvalue weighted by Crippen LogP contribution is 2.49. The van der Waals surface area contributed by atoms with Gasteiger partial charge in [-0.1, -0.05) is 18.3 Å². The van der Waals surface area contributed by atoms with Gasteiger partial charge in [0.25, 0.3) is 0 Å². The van der Waals surface area contributed by atoms with Crippen molar-refractivity contribution in [3.63, 3.8) is 0 Å². The van der Waals surface area contributed by atoms with Crippen LogP contribution >= 0.6 is 35.7 Å². The van der Waals surface area contributed by atoms with E-state index < -0.39 is 0 Å². The van der Waals surface area contributed by atoms with E-state index in [9.17, 15) is 0 Å². The molecule has 0 N–H and O–H groups in total. The molecule has 2 heterocycles. The summed E-state index contributed by atoms with van der Waals surface area (Å²) in [5.41, 5.74) is 1.13. The Morgan fingerprint density at radius 1 is 1.60 bits per heavy atom. The first-order valence-corrected chi connectivity index (χ1v) is 7.55. The summed E-state index contributed by atoms with van der Waals surface area (Å²) >= 11 is 9.15. The fourth-order valence-corrected chi connectivity index (χ4v) is 4.53. The van der Waals surface area contributed by atoms with Gasteiger partial charge in [0.15, 0.2) is 0 Å². The lowest BCUT2D eigenvalue weighted by Crippen LogP contribution is -2.27. The van der Waals surface area contributed by atoms with Gasteiger partial charge in [-0.2, -0.15) is 0 Å². The van der Waals surface area contributed by atoms with Gasteiger partial charge < -0.3 is 0 Å². The SMILES string of the molecule is CSC(=S)C1(c2ccccn2)CCCS1. The standard InChI is InChI=1S/C11H13NS3/c1-14-10(13)11(6-4-8-15-11)9-5-2-3-7-12-9/h2-3,5,7H,4,6,8H2,1H3. The zero-order chi connectivity index (χ0) is 10.7. The Morgan fingerprint density at radius 3 is 3.00 bits per heavy atom. The van der Waals surface area contributed by atoms with Crippen molar-refractivity contribution in [1.29, 1.82) is 0 Å². The van der Waals surface area contributed by atoms with E-state index in [-0.39, 0.29) is 4.75 Å². The molecule has 1 saturated heterocycles. The van der Waals surface area contributed by atoms with Gasteiger partial charge in [0.05, 0.1) is 14.6 Å². The topological polar surface area (TPSA) is 12.9 Å². The predicted octanol–water partition coefficient (Wildman–Crippen LogP) is 3.49. The third-order valence-corrected chi connectivity index (χ3v) is 6.04. The summed E-state index contributed by atoms with van der Waals surface area (Å²) in [6.07, 6.45) is 6.29. The second-order valence-corrected chi connectivity index (χ2v) is 6.36. The lowest BCUT2D eigenvalue weighted by molar-refractivity contribution is 0.733. The Bertz CT molecular complexity index is 344. The van der Waals surface area contributed by atoms with Gasteiger partial charge in [0, 0.05) is 6.20 Å². The van der Waals surface area contributed by atoms with Crippen molar-refractivity contribution in [2.45, 2.75) is 17.6 Å². The van der Waals surface area contributed by atoms with Crippen molar-refractivity contribution in [3.05, 3.63) is 30.1 Å². The normalized spacial score (nSPS) is 25.4. The lowest BCUT2D eigenvalue weighted by Gasteiger charge is -2.27. The van der Waals surface area contributed by atoms with Crippen LogP contribution in [0.15, 0.2) is 24.4 Å². The molecule has 0 radical (unpaired) electrons. The van der Waals surface area contributed by atoms with Crippen molar-refractivity contribution < 1.29 is 0 Å². The zero-order valence-electron chi connectivity index (χ0n) is 8.60. The van der Waals surface area contributed by atoms with Crippen LogP contribution < -0.4 is 0 Å². The summed E-state index contributed by atoms with van der Waals surface area (Å²) in [4.78, 5) is 4.48. The van der Waals surface area contributed by atoms with Crippen LogP contribution in [0, 0.1) is 0 Å². The molecule has 80 valence electrons. The molecular formula is C11H13NS3. The fourth-order valence-electron chi connectivity index (χ4n) is 1.87. The largest absolute Gasteiger partial charge is 0.259 e. The average molecular weight is 255 g/mol. The fraction of sp³-hybridized carbons (Fsp3) is 0.455. The van der Waals surface area contributed by atoms with Gasteiger partial charge in [0.1, 0.15) is 0 Å². The molecular weight excluding hydrogens is 242 g/mol. The molecule has 2 rings (SSSR count). The van der Waals surface area contributed by atoms with E-state index in [2.05, 4.69) is 17.3 Å². The van der Waals surface area contributed by atoms with Crippen LogP contribution in [0.25, 0.3) is 0 Å². The predicted molar refractivity (Wildman–Crippen MR) is 73.7 cm³/mol. The van der Waals surface area contributed by atoms with Gasteiger partial charge in [-0.3, -0.25) is 4.98 Å². The first-order valence-electron chi connectivity index (χ1n) is 4.93. The van der Waals surface area contributed by atoms with Crippen molar-refractivity contribution in [3.8, 4) is 0 Å². The molecule has 1 unspecified atom stereocenters. The molecule has 0 spiro atoms. The first-order chi connectivity index (χ1) is 7.29. The number of aromatic nitrogens is 1. The van der Waals surface area contributed by atoms with E-state index >= 15 is 0 Å². The van der Waals surface area contributed by atoms with Crippen LogP contribution in [0.2, 0.25) is 0 Å². The highest BCUT2D eigenvalue weighted by molar-refractivity contribution is 8.24. The van der Waals surface area contributed by atoms with Crippen LogP contribution in [-0.2, 0) is 4.75 Å². The van der Waals surface area contributed by atoms with Crippen molar-refractivity contribution >= 4 is 39.9 Å². The van der Waals surface area contributed by atoms with E-state index in [1.54, 1.807) is 11.8 Å². The van der Waals surface area contributed by atoms with E-state index in [4.69, 9.17) is 12.2 Å². The van der Waals surface area contributed by atoms with Crippen molar-refractivity contribution in [2.75, 3.05) is 12.0 Å². The van der Waals surface area contributed by atoms with Gasteiger partial charge in [-0.25, -0.2) is 0 Å². The Labute approximate surface area is 104 Å². The molecule has 1 aliphatic heterocycles. The highest BCUT2D eigenvalue weighted by Gasteiger charge is 2.41. The first kappa shape index (κ1) is 11.4. The van der Waals surface area contributed by atoms with Crippen LogP contribution in [0.1, 0.15) is 18.5 Å². The second kappa shape index (κ2) is 4.85. The molecule has 0 aliphatic carbocycles. The molecule has 0 saturated carbocycles. The van der Waals surface area contributed by atoms with Crippen molar-refractivity contribution in [1.82, 2.24) is 4.98 Å². The van der Waals surface area contributed by atoms with E-state index in [0.29, 0.717) is 0 Å². The van der Waals surface area contributed by atoms with E-state index in [1.165, 1.54) is 12.2 Å². The van der Waals surface area contributed by atoms with Gasteiger partial charge in [0.2, 0.25) is 0 Å². The van der Waals surface area contributed by atoms with E-state index in [0.717, 1.165) is 16.3 Å². The number of thiocarbonyl (C=S) groups is 1. The molecule has 0 amide bonds. The lowest BCUT2D eigenvalue weighted by atomic mass is 10.0. The molecule has 1 aromatic rings. The Kier molecular flexibility index (Phi) is 3.69. The maximum Gasteiger partial charge on any atom is 0.0988 e. The number of rotatable bonds is 2. The molecule has 1 atom stereocenters. The van der Waals surface area contributed by atoms with Gasteiger partial charge >= 0.3 is 0 Å². The summed E-state index contributed by atoms with van der Waals surface area (Å²) in [7, 11) is 0. The summed E-state index contributed by atoms with van der Waals surface area (Å²) in [6, 6.07) is 6.10. The van der Waals surface area contributed by atoms with E-state index in [1.807, 2.05) is 30.1 Å². The summed E-state index contributed by atoms with van der Waals surface area (Å²) < 4.78 is 1.07. The Hall–Kier alpha value is -0.0600. The minimum absolute atomic E-state index is 0.00396. The number of hydrogen-bond acceptors (Lipinski definition) is 4. The molecule has 1 nitrogen and oxygen atoms in total. The third kappa shape index (κ3) is 2.08. The number of pyridine rings is 1. The highest BCUT2D eigenvalue weighted by atomic mass is 32.2. The van der Waals surface area contributed by atoms with Crippen molar-refractivity contribution in [2.24, 2.45) is 0 Å². The molecule has 0 bridgehead atoms. The number of thioether (sulfide) groups is 2. The minimum Gasteiger partial charge on any atom is -0.259 e. The third-order valence-electron chi connectivity index (χ3n) is 2.62. The smallest absolute Gasteiger partial charge is 0.0988 e. The maximum atomic E-state index is 5.51. The molecule has 0 aromatic carbocycles. The molecule has 1 aliphatic rings. The van der Waals surface area contributed by atoms with Crippen LogP contribution in [0.3, 0.4) is 0 Å². The summed E-state index contributed by atoms with van der Waals surface area (Å²) in [5.74, 6) is 1.19. The maximum absolute atomic E-state index is 5.51. The molecule has 4 heteroatoms. The summed E-state index contributed by atoms with van der Waals surface area (Å²) in [6.45, 7) is 0. The molecule has 15 heavy (non-hydrogen) atoms. The molecule has 1 aromatic heterocycles. The number of nitrogens with zero attached hydrogens (tertiary/aromatic N) is 1. The van der Waals surface area contributed by atoms with Crippen LogP contribution in [0.5, 0.6) is 0 Å². The van der Waals surface area contributed by atoms with Crippen LogP contribution in [-0.4, -0.2) is 21.2 Å². The van der Waals surface area contributed by atoms with Crippen LogP contribution in [0.4, 0.5) is 0 Å². The zero-order valence-corrected chi connectivity index (χ0v) is 11.1. The Morgan fingerprint density at radius 2 is 2.47 bits per heavy atom. The quantitative estimate of drug-likeness (QED) is 0.750.